The topological polar surface area (TPSA) is 47.6 Å². The Balaban J connectivity index is 2.04. The number of ether oxygens (including phenoxy) is 2. The van der Waals surface area contributed by atoms with E-state index in [9.17, 15) is 4.79 Å². The van der Waals surface area contributed by atoms with Crippen molar-refractivity contribution in [3.05, 3.63) is 0 Å². The first-order valence-corrected chi connectivity index (χ1v) is 6.75. The van der Waals surface area contributed by atoms with Crippen molar-refractivity contribution >= 4 is 5.97 Å². The highest BCUT2D eigenvalue weighted by Gasteiger charge is 2.26. The number of carbonyl (C=O) groups is 1. The van der Waals surface area contributed by atoms with E-state index in [1.807, 2.05) is 0 Å². The van der Waals surface area contributed by atoms with Crippen LogP contribution in [0, 0.1) is 5.92 Å². The van der Waals surface area contributed by atoms with Crippen molar-refractivity contribution in [2.24, 2.45) is 5.92 Å². The Morgan fingerprint density at radius 3 is 3.00 bits per heavy atom. The molecule has 0 aromatic carbocycles. The fourth-order valence-electron chi connectivity index (χ4n) is 2.12. The lowest BCUT2D eigenvalue weighted by atomic mass is 10.00. The van der Waals surface area contributed by atoms with E-state index in [4.69, 9.17) is 9.47 Å². The zero-order valence-corrected chi connectivity index (χ0v) is 11.0. The van der Waals surface area contributed by atoms with Crippen LogP contribution < -0.4 is 5.32 Å². The molecule has 2 atom stereocenters. The maximum atomic E-state index is 11.3. The molecule has 0 aromatic heterocycles. The van der Waals surface area contributed by atoms with E-state index < -0.39 is 0 Å². The molecular formula is C13H25NO3. The fourth-order valence-corrected chi connectivity index (χ4v) is 2.12. The van der Waals surface area contributed by atoms with Gasteiger partial charge >= 0.3 is 5.97 Å². The standard InChI is InChI=1S/C13H25NO3/c1-3-5-7-17-13(15)10-14-9-11-6-8-16-12(11)4-2/h11-12,14H,3-10H2,1-2H3. The van der Waals surface area contributed by atoms with Gasteiger partial charge in [-0.15, -0.1) is 0 Å². The maximum absolute atomic E-state index is 11.3. The first kappa shape index (κ1) is 14.5. The van der Waals surface area contributed by atoms with Crippen molar-refractivity contribution in [2.75, 3.05) is 26.3 Å². The molecule has 1 saturated heterocycles. The molecule has 0 bridgehead atoms. The summed E-state index contributed by atoms with van der Waals surface area (Å²) in [6.45, 7) is 6.78. The predicted octanol–water partition coefficient (Wildman–Crippen LogP) is 1.73. The molecule has 0 saturated carbocycles. The minimum atomic E-state index is -0.148. The lowest BCUT2D eigenvalue weighted by Gasteiger charge is -2.16. The molecule has 4 nitrogen and oxygen atoms in total. The molecule has 17 heavy (non-hydrogen) atoms. The summed E-state index contributed by atoms with van der Waals surface area (Å²) in [4.78, 5) is 11.3. The van der Waals surface area contributed by atoms with Crippen LogP contribution in [0.5, 0.6) is 0 Å². The first-order valence-electron chi connectivity index (χ1n) is 6.75. The van der Waals surface area contributed by atoms with Gasteiger partial charge in [0.25, 0.3) is 0 Å². The van der Waals surface area contributed by atoms with E-state index in [1.54, 1.807) is 0 Å². The molecule has 1 aliphatic rings. The second-order valence-corrected chi connectivity index (χ2v) is 4.57. The number of hydrogen-bond donors (Lipinski definition) is 1. The van der Waals surface area contributed by atoms with Gasteiger partial charge in [-0.3, -0.25) is 4.79 Å². The van der Waals surface area contributed by atoms with Crippen molar-refractivity contribution in [2.45, 2.75) is 45.6 Å². The Hall–Kier alpha value is -0.610. The van der Waals surface area contributed by atoms with Crippen molar-refractivity contribution in [3.63, 3.8) is 0 Å². The van der Waals surface area contributed by atoms with Crippen LogP contribution in [-0.4, -0.2) is 38.4 Å². The van der Waals surface area contributed by atoms with Gasteiger partial charge in [-0.25, -0.2) is 0 Å². The average molecular weight is 243 g/mol. The molecule has 0 radical (unpaired) electrons. The highest BCUT2D eigenvalue weighted by atomic mass is 16.5. The van der Waals surface area contributed by atoms with Crippen LogP contribution in [0.2, 0.25) is 0 Å². The first-order chi connectivity index (χ1) is 8.27. The number of carbonyl (C=O) groups excluding carboxylic acids is 1. The molecule has 0 spiro atoms. The van der Waals surface area contributed by atoms with Gasteiger partial charge in [-0.2, -0.15) is 0 Å². The molecule has 2 unspecified atom stereocenters. The SMILES string of the molecule is CCCCOC(=O)CNCC1CCOC1CC. The normalized spacial score (nSPS) is 23.9. The van der Waals surface area contributed by atoms with Gasteiger partial charge in [0.2, 0.25) is 0 Å². The van der Waals surface area contributed by atoms with Gasteiger partial charge in [0.05, 0.1) is 19.3 Å². The Morgan fingerprint density at radius 1 is 1.47 bits per heavy atom. The Morgan fingerprint density at radius 2 is 2.29 bits per heavy atom. The van der Waals surface area contributed by atoms with Crippen LogP contribution in [0.3, 0.4) is 0 Å². The van der Waals surface area contributed by atoms with Crippen LogP contribution in [0.4, 0.5) is 0 Å². The highest BCUT2D eigenvalue weighted by Crippen LogP contribution is 2.22. The van der Waals surface area contributed by atoms with E-state index in [0.717, 1.165) is 38.8 Å². The fraction of sp³-hybridized carbons (Fsp3) is 0.923. The summed E-state index contributed by atoms with van der Waals surface area (Å²) in [6.07, 6.45) is 4.50. The van der Waals surface area contributed by atoms with Crippen LogP contribution in [0.25, 0.3) is 0 Å². The molecule has 1 heterocycles. The van der Waals surface area contributed by atoms with Crippen molar-refractivity contribution in [3.8, 4) is 0 Å². The van der Waals surface area contributed by atoms with Crippen LogP contribution in [-0.2, 0) is 14.3 Å². The molecule has 1 N–H and O–H groups in total. The van der Waals surface area contributed by atoms with E-state index in [-0.39, 0.29) is 5.97 Å². The Kier molecular flexibility index (Phi) is 7.21. The lowest BCUT2D eigenvalue weighted by molar-refractivity contribution is -0.142. The van der Waals surface area contributed by atoms with Crippen LogP contribution in [0.15, 0.2) is 0 Å². The summed E-state index contributed by atoms with van der Waals surface area (Å²) in [7, 11) is 0. The minimum Gasteiger partial charge on any atom is -0.465 e. The van der Waals surface area contributed by atoms with E-state index in [0.29, 0.717) is 25.2 Å². The Bertz CT molecular complexity index is 221. The summed E-state index contributed by atoms with van der Waals surface area (Å²) in [5.41, 5.74) is 0. The van der Waals surface area contributed by atoms with Gasteiger partial charge < -0.3 is 14.8 Å². The second-order valence-electron chi connectivity index (χ2n) is 4.57. The summed E-state index contributed by atoms with van der Waals surface area (Å²) in [5, 5.41) is 3.16. The van der Waals surface area contributed by atoms with Crippen molar-refractivity contribution in [1.29, 1.82) is 0 Å². The zero-order chi connectivity index (χ0) is 12.5. The second kappa shape index (κ2) is 8.48. The predicted molar refractivity (Wildman–Crippen MR) is 66.9 cm³/mol. The van der Waals surface area contributed by atoms with E-state index >= 15 is 0 Å². The van der Waals surface area contributed by atoms with Crippen molar-refractivity contribution < 1.29 is 14.3 Å². The zero-order valence-electron chi connectivity index (χ0n) is 11.0. The smallest absolute Gasteiger partial charge is 0.319 e. The number of nitrogens with one attached hydrogen (secondary N) is 1. The molecule has 0 amide bonds. The molecule has 0 aliphatic carbocycles. The molecule has 1 fully saturated rings. The highest BCUT2D eigenvalue weighted by molar-refractivity contribution is 5.71. The van der Waals surface area contributed by atoms with Crippen LogP contribution >= 0.6 is 0 Å². The number of esters is 1. The largest absolute Gasteiger partial charge is 0.465 e. The molecule has 1 aliphatic heterocycles. The third-order valence-corrected chi connectivity index (χ3v) is 3.19. The van der Waals surface area contributed by atoms with Crippen LogP contribution in [0.1, 0.15) is 39.5 Å². The molecule has 0 aromatic rings. The maximum Gasteiger partial charge on any atom is 0.319 e. The van der Waals surface area contributed by atoms with E-state index in [2.05, 4.69) is 19.2 Å². The molecule has 4 heteroatoms. The third-order valence-electron chi connectivity index (χ3n) is 3.19. The quantitative estimate of drug-likeness (QED) is 0.521. The third kappa shape index (κ3) is 5.50. The monoisotopic (exact) mass is 243 g/mol. The van der Waals surface area contributed by atoms with Gasteiger partial charge in [-0.1, -0.05) is 20.3 Å². The minimum absolute atomic E-state index is 0.148. The number of hydrogen-bond acceptors (Lipinski definition) is 4. The summed E-state index contributed by atoms with van der Waals surface area (Å²) in [6, 6.07) is 0. The van der Waals surface area contributed by atoms with Gasteiger partial charge in [0.15, 0.2) is 0 Å². The Labute approximate surface area is 104 Å². The summed E-state index contributed by atoms with van der Waals surface area (Å²) >= 11 is 0. The van der Waals surface area contributed by atoms with Crippen molar-refractivity contribution in [1.82, 2.24) is 5.32 Å². The van der Waals surface area contributed by atoms with Gasteiger partial charge in [-0.05, 0) is 25.2 Å². The lowest BCUT2D eigenvalue weighted by Crippen LogP contribution is -2.32. The summed E-state index contributed by atoms with van der Waals surface area (Å²) < 4.78 is 10.7. The van der Waals surface area contributed by atoms with Gasteiger partial charge in [0, 0.05) is 13.2 Å². The molecule has 100 valence electrons. The number of rotatable bonds is 8. The average Bonchev–Trinajstić information content (AvgIpc) is 2.77. The number of unbranched alkanes of at least 4 members (excludes halogenated alkanes) is 1. The molecule has 1 rings (SSSR count). The van der Waals surface area contributed by atoms with E-state index in [1.165, 1.54) is 0 Å². The molecular weight excluding hydrogens is 218 g/mol. The van der Waals surface area contributed by atoms with Gasteiger partial charge in [0.1, 0.15) is 0 Å². The summed E-state index contributed by atoms with van der Waals surface area (Å²) in [5.74, 6) is 0.397.